The Balaban J connectivity index is 1.76. The SMILES string of the molecule is BrCCN(Cc1nc2ccccc2s1)C1CCCC1. The molecule has 0 spiro atoms. The highest BCUT2D eigenvalue weighted by molar-refractivity contribution is 9.09. The van der Waals surface area contributed by atoms with E-state index in [4.69, 9.17) is 4.98 Å². The van der Waals surface area contributed by atoms with Crippen LogP contribution in [0.5, 0.6) is 0 Å². The third kappa shape index (κ3) is 3.18. The highest BCUT2D eigenvalue weighted by Crippen LogP contribution is 2.27. The molecule has 19 heavy (non-hydrogen) atoms. The summed E-state index contributed by atoms with van der Waals surface area (Å²) in [6.45, 7) is 2.14. The minimum absolute atomic E-state index is 0.768. The number of hydrogen-bond donors (Lipinski definition) is 0. The van der Waals surface area contributed by atoms with Crippen molar-refractivity contribution >= 4 is 37.5 Å². The van der Waals surface area contributed by atoms with Crippen LogP contribution in [0.4, 0.5) is 0 Å². The van der Waals surface area contributed by atoms with Gasteiger partial charge in [-0.3, -0.25) is 4.90 Å². The zero-order valence-electron chi connectivity index (χ0n) is 11.0. The summed E-state index contributed by atoms with van der Waals surface area (Å²) in [6.07, 6.45) is 5.50. The number of fused-ring (bicyclic) bond motifs is 1. The number of nitrogens with zero attached hydrogens (tertiary/aromatic N) is 2. The molecule has 1 aromatic carbocycles. The van der Waals surface area contributed by atoms with Crippen LogP contribution in [0.1, 0.15) is 30.7 Å². The second-order valence-electron chi connectivity index (χ2n) is 5.17. The zero-order valence-corrected chi connectivity index (χ0v) is 13.4. The fourth-order valence-corrected chi connectivity index (χ4v) is 4.38. The van der Waals surface area contributed by atoms with Crippen LogP contribution >= 0.6 is 27.3 Å². The van der Waals surface area contributed by atoms with Crippen LogP contribution in [-0.4, -0.2) is 27.8 Å². The largest absolute Gasteiger partial charge is 0.293 e. The van der Waals surface area contributed by atoms with Crippen molar-refractivity contribution < 1.29 is 0 Å². The Morgan fingerprint density at radius 1 is 1.26 bits per heavy atom. The minimum Gasteiger partial charge on any atom is -0.293 e. The number of halogens is 1. The van der Waals surface area contributed by atoms with Crippen molar-refractivity contribution in [2.45, 2.75) is 38.3 Å². The summed E-state index contributed by atoms with van der Waals surface area (Å²) in [6, 6.07) is 9.21. The first-order valence-electron chi connectivity index (χ1n) is 7.01. The molecule has 4 heteroatoms. The molecule has 1 aromatic heterocycles. The van der Waals surface area contributed by atoms with Crippen molar-refractivity contribution in [3.8, 4) is 0 Å². The molecule has 102 valence electrons. The second-order valence-corrected chi connectivity index (χ2v) is 7.08. The summed E-state index contributed by atoms with van der Waals surface area (Å²) < 4.78 is 1.31. The van der Waals surface area contributed by atoms with Crippen molar-refractivity contribution in [2.75, 3.05) is 11.9 Å². The van der Waals surface area contributed by atoms with E-state index in [1.807, 2.05) is 11.3 Å². The Kier molecular flexibility index (Phi) is 4.51. The van der Waals surface area contributed by atoms with Gasteiger partial charge in [-0.25, -0.2) is 4.98 Å². The molecule has 0 unspecified atom stereocenters. The number of para-hydroxylation sites is 1. The Bertz CT molecular complexity index is 501. The Morgan fingerprint density at radius 3 is 2.79 bits per heavy atom. The summed E-state index contributed by atoms with van der Waals surface area (Å²) in [4.78, 5) is 7.38. The van der Waals surface area contributed by atoms with E-state index in [1.165, 1.54) is 35.4 Å². The molecular formula is C15H19BrN2S. The van der Waals surface area contributed by atoms with Gasteiger partial charge in [0.1, 0.15) is 5.01 Å². The molecule has 1 aliphatic carbocycles. The first-order chi connectivity index (χ1) is 9.36. The van der Waals surface area contributed by atoms with Crippen LogP contribution in [-0.2, 0) is 6.54 Å². The Labute approximate surface area is 127 Å². The van der Waals surface area contributed by atoms with Crippen molar-refractivity contribution in [1.29, 1.82) is 0 Å². The van der Waals surface area contributed by atoms with Gasteiger partial charge in [-0.1, -0.05) is 40.9 Å². The first-order valence-corrected chi connectivity index (χ1v) is 8.95. The number of aromatic nitrogens is 1. The maximum atomic E-state index is 4.77. The van der Waals surface area contributed by atoms with E-state index >= 15 is 0 Å². The van der Waals surface area contributed by atoms with Gasteiger partial charge in [0.25, 0.3) is 0 Å². The predicted octanol–water partition coefficient (Wildman–Crippen LogP) is 4.44. The van der Waals surface area contributed by atoms with E-state index < -0.39 is 0 Å². The summed E-state index contributed by atoms with van der Waals surface area (Å²) in [7, 11) is 0. The number of hydrogen-bond acceptors (Lipinski definition) is 3. The lowest BCUT2D eigenvalue weighted by Gasteiger charge is -2.27. The van der Waals surface area contributed by atoms with Gasteiger partial charge in [0.05, 0.1) is 16.8 Å². The van der Waals surface area contributed by atoms with Gasteiger partial charge >= 0.3 is 0 Å². The molecule has 0 N–H and O–H groups in total. The molecule has 2 aromatic rings. The Hall–Kier alpha value is -0.450. The predicted molar refractivity (Wildman–Crippen MR) is 86.1 cm³/mol. The lowest BCUT2D eigenvalue weighted by Crippen LogP contribution is -2.34. The van der Waals surface area contributed by atoms with E-state index in [-0.39, 0.29) is 0 Å². The smallest absolute Gasteiger partial charge is 0.108 e. The van der Waals surface area contributed by atoms with Crippen molar-refractivity contribution in [3.05, 3.63) is 29.3 Å². The molecule has 2 nitrogen and oxygen atoms in total. The van der Waals surface area contributed by atoms with Gasteiger partial charge < -0.3 is 0 Å². The van der Waals surface area contributed by atoms with Crippen LogP contribution in [0, 0.1) is 0 Å². The monoisotopic (exact) mass is 338 g/mol. The highest BCUT2D eigenvalue weighted by atomic mass is 79.9. The first kappa shape index (κ1) is 13.5. The van der Waals surface area contributed by atoms with Gasteiger partial charge in [0.2, 0.25) is 0 Å². The highest BCUT2D eigenvalue weighted by Gasteiger charge is 2.23. The van der Waals surface area contributed by atoms with Crippen LogP contribution in [0.3, 0.4) is 0 Å². The van der Waals surface area contributed by atoms with E-state index in [9.17, 15) is 0 Å². The normalized spacial score (nSPS) is 16.7. The molecule has 0 amide bonds. The number of alkyl halides is 1. The molecule has 3 rings (SSSR count). The molecule has 0 aliphatic heterocycles. The van der Waals surface area contributed by atoms with E-state index in [0.29, 0.717) is 0 Å². The third-order valence-electron chi connectivity index (χ3n) is 3.89. The topological polar surface area (TPSA) is 16.1 Å². The number of thiazole rings is 1. The summed E-state index contributed by atoms with van der Waals surface area (Å²) in [5.41, 5.74) is 1.15. The standard InChI is InChI=1S/C15H19BrN2S/c16-9-10-18(12-5-1-2-6-12)11-15-17-13-7-3-4-8-14(13)19-15/h3-4,7-8,12H,1-2,5-6,9-11H2. The third-order valence-corrected chi connectivity index (χ3v) is 5.27. The van der Waals surface area contributed by atoms with Gasteiger partial charge in [-0.05, 0) is 25.0 Å². The number of rotatable bonds is 5. The van der Waals surface area contributed by atoms with Crippen LogP contribution in [0.15, 0.2) is 24.3 Å². The van der Waals surface area contributed by atoms with Crippen molar-refractivity contribution in [3.63, 3.8) is 0 Å². The van der Waals surface area contributed by atoms with Gasteiger partial charge in [-0.15, -0.1) is 11.3 Å². The maximum Gasteiger partial charge on any atom is 0.108 e. The molecule has 1 aliphatic rings. The quantitative estimate of drug-likeness (QED) is 0.749. The molecule has 0 atom stereocenters. The average molecular weight is 339 g/mol. The van der Waals surface area contributed by atoms with Crippen molar-refractivity contribution in [2.24, 2.45) is 0 Å². The van der Waals surface area contributed by atoms with Gasteiger partial charge in [-0.2, -0.15) is 0 Å². The molecule has 0 saturated heterocycles. The fraction of sp³-hybridized carbons (Fsp3) is 0.533. The second kappa shape index (κ2) is 6.33. The van der Waals surface area contributed by atoms with Crippen LogP contribution < -0.4 is 0 Å². The fourth-order valence-electron chi connectivity index (χ4n) is 2.93. The van der Waals surface area contributed by atoms with E-state index in [1.54, 1.807) is 0 Å². The number of benzene rings is 1. The van der Waals surface area contributed by atoms with Crippen LogP contribution in [0.25, 0.3) is 10.2 Å². The van der Waals surface area contributed by atoms with E-state index in [2.05, 4.69) is 45.1 Å². The lowest BCUT2D eigenvalue weighted by molar-refractivity contribution is 0.202. The zero-order chi connectivity index (χ0) is 13.1. The summed E-state index contributed by atoms with van der Waals surface area (Å²) in [5, 5.41) is 2.31. The van der Waals surface area contributed by atoms with Gasteiger partial charge in [0, 0.05) is 17.9 Å². The molecule has 1 heterocycles. The average Bonchev–Trinajstić information content (AvgIpc) is 3.07. The molecule has 0 radical (unpaired) electrons. The molecule has 0 bridgehead atoms. The van der Waals surface area contributed by atoms with Gasteiger partial charge in [0.15, 0.2) is 0 Å². The minimum atomic E-state index is 0.768. The summed E-state index contributed by atoms with van der Waals surface area (Å²) >= 11 is 5.43. The maximum absolute atomic E-state index is 4.77. The summed E-state index contributed by atoms with van der Waals surface area (Å²) in [5.74, 6) is 0. The van der Waals surface area contributed by atoms with Crippen LogP contribution in [0.2, 0.25) is 0 Å². The molecule has 1 fully saturated rings. The van der Waals surface area contributed by atoms with Crippen molar-refractivity contribution in [1.82, 2.24) is 9.88 Å². The van der Waals surface area contributed by atoms with E-state index in [0.717, 1.165) is 30.0 Å². The molecular weight excluding hydrogens is 320 g/mol. The molecule has 1 saturated carbocycles. The lowest BCUT2D eigenvalue weighted by atomic mass is 10.2. The Morgan fingerprint density at radius 2 is 2.05 bits per heavy atom.